The summed E-state index contributed by atoms with van der Waals surface area (Å²) in [5.41, 5.74) is 3.14. The van der Waals surface area contributed by atoms with Crippen molar-refractivity contribution in [3.05, 3.63) is 65.9 Å². The lowest BCUT2D eigenvalue weighted by atomic mass is 9.92. The van der Waals surface area contributed by atoms with Gasteiger partial charge in [-0.2, -0.15) is 5.10 Å². The third-order valence-corrected chi connectivity index (χ3v) is 5.34. The Kier molecular flexibility index (Phi) is 7.61. The van der Waals surface area contributed by atoms with Crippen LogP contribution in [-0.4, -0.2) is 46.8 Å². The van der Waals surface area contributed by atoms with Gasteiger partial charge in [0.2, 0.25) is 5.91 Å². The highest BCUT2D eigenvalue weighted by molar-refractivity contribution is 5.97. The average Bonchev–Trinajstić information content (AvgIpc) is 3.22. The van der Waals surface area contributed by atoms with E-state index in [0.29, 0.717) is 23.8 Å². The van der Waals surface area contributed by atoms with E-state index in [4.69, 9.17) is 9.84 Å². The number of likely N-dealkylation sites (N-methyl/N-ethyl adjacent to an activating group) is 1. The van der Waals surface area contributed by atoms with Crippen LogP contribution in [0.3, 0.4) is 0 Å². The van der Waals surface area contributed by atoms with Crippen LogP contribution < -0.4 is 15.4 Å². The van der Waals surface area contributed by atoms with Crippen LogP contribution in [0.1, 0.15) is 39.0 Å². The summed E-state index contributed by atoms with van der Waals surface area (Å²) in [6.45, 7) is 10.3. The summed E-state index contributed by atoms with van der Waals surface area (Å²) in [5, 5.41) is 10.5. The Balaban J connectivity index is 1.78. The van der Waals surface area contributed by atoms with Crippen LogP contribution in [0.25, 0.3) is 5.69 Å². The maximum atomic E-state index is 13.0. The number of amides is 3. The van der Waals surface area contributed by atoms with Crippen molar-refractivity contribution in [2.24, 2.45) is 0 Å². The van der Waals surface area contributed by atoms with Gasteiger partial charge in [0.05, 0.1) is 24.2 Å². The Morgan fingerprint density at radius 3 is 2.44 bits per heavy atom. The smallest absolute Gasteiger partial charge is 0.322 e. The van der Waals surface area contributed by atoms with E-state index in [0.717, 1.165) is 16.9 Å². The Labute approximate surface area is 200 Å². The van der Waals surface area contributed by atoms with Crippen molar-refractivity contribution in [2.45, 2.75) is 40.0 Å². The zero-order chi connectivity index (χ0) is 24.9. The van der Waals surface area contributed by atoms with Gasteiger partial charge in [-0.1, -0.05) is 45.0 Å². The molecule has 0 unspecified atom stereocenters. The second-order valence-electron chi connectivity index (χ2n) is 9.11. The number of aryl methyl sites for hydroxylation is 1. The highest BCUT2D eigenvalue weighted by Crippen LogP contribution is 2.27. The third-order valence-electron chi connectivity index (χ3n) is 5.34. The molecule has 0 atom stereocenters. The van der Waals surface area contributed by atoms with Gasteiger partial charge in [0.1, 0.15) is 18.1 Å². The Bertz CT molecular complexity index is 1160. The quantitative estimate of drug-likeness (QED) is 0.517. The summed E-state index contributed by atoms with van der Waals surface area (Å²) in [6, 6.07) is 16.6. The van der Waals surface area contributed by atoms with Gasteiger partial charge >= 0.3 is 6.03 Å². The standard InChI is InChI=1S/C26H33N5O3/c1-7-30(25(33)27-20-13-8-9-14-21(20)34-6)17-24(32)28-23-16-22(26(3,4)5)29-31(23)19-12-10-11-18(2)15-19/h8-16H,7,17H2,1-6H3,(H,27,33)(H,28,32). The number of hydrogen-bond acceptors (Lipinski definition) is 4. The maximum absolute atomic E-state index is 13.0. The van der Waals surface area contributed by atoms with Crippen LogP contribution in [0.2, 0.25) is 0 Å². The molecule has 8 heteroatoms. The van der Waals surface area contributed by atoms with E-state index in [9.17, 15) is 9.59 Å². The molecule has 0 saturated heterocycles. The lowest BCUT2D eigenvalue weighted by Crippen LogP contribution is -2.40. The number of anilines is 2. The number of carbonyl (C=O) groups is 2. The molecule has 0 radical (unpaired) electrons. The number of para-hydroxylation sites is 2. The highest BCUT2D eigenvalue weighted by atomic mass is 16.5. The summed E-state index contributed by atoms with van der Waals surface area (Å²) in [6.07, 6.45) is 0. The molecule has 0 spiro atoms. The summed E-state index contributed by atoms with van der Waals surface area (Å²) in [4.78, 5) is 27.2. The van der Waals surface area contributed by atoms with E-state index in [1.807, 2.05) is 50.2 Å². The molecule has 3 amide bonds. The average molecular weight is 464 g/mol. The van der Waals surface area contributed by atoms with Gasteiger partial charge in [-0.05, 0) is 43.7 Å². The number of rotatable bonds is 7. The number of nitrogens with zero attached hydrogens (tertiary/aromatic N) is 3. The molecule has 0 saturated carbocycles. The first kappa shape index (κ1) is 24.8. The zero-order valence-electron chi connectivity index (χ0n) is 20.7. The number of ether oxygens (including phenoxy) is 1. The monoisotopic (exact) mass is 463 g/mol. The molecule has 2 aromatic carbocycles. The Hall–Kier alpha value is -3.81. The van der Waals surface area contributed by atoms with Crippen molar-refractivity contribution in [3.63, 3.8) is 0 Å². The van der Waals surface area contributed by atoms with Crippen LogP contribution >= 0.6 is 0 Å². The number of urea groups is 1. The lowest BCUT2D eigenvalue weighted by molar-refractivity contribution is -0.116. The molecule has 3 rings (SSSR count). The minimum absolute atomic E-state index is 0.110. The van der Waals surface area contributed by atoms with Gasteiger partial charge in [-0.15, -0.1) is 0 Å². The number of carbonyl (C=O) groups excluding carboxylic acids is 2. The number of methoxy groups -OCH3 is 1. The van der Waals surface area contributed by atoms with Crippen molar-refractivity contribution >= 4 is 23.4 Å². The van der Waals surface area contributed by atoms with Gasteiger partial charge in [-0.25, -0.2) is 9.48 Å². The number of nitrogens with one attached hydrogen (secondary N) is 2. The summed E-state index contributed by atoms with van der Waals surface area (Å²) < 4.78 is 7.02. The molecule has 0 fully saturated rings. The van der Waals surface area contributed by atoms with Crippen LogP contribution in [0, 0.1) is 6.92 Å². The third kappa shape index (κ3) is 5.95. The topological polar surface area (TPSA) is 88.5 Å². The van der Waals surface area contributed by atoms with Gasteiger partial charge in [-0.3, -0.25) is 4.79 Å². The molecule has 1 aromatic heterocycles. The molecule has 1 heterocycles. The molecular weight excluding hydrogens is 430 g/mol. The van der Waals surface area contributed by atoms with E-state index in [2.05, 4.69) is 31.4 Å². The maximum Gasteiger partial charge on any atom is 0.322 e. The summed E-state index contributed by atoms with van der Waals surface area (Å²) in [5.74, 6) is 0.793. The summed E-state index contributed by atoms with van der Waals surface area (Å²) in [7, 11) is 1.54. The fourth-order valence-corrected chi connectivity index (χ4v) is 3.42. The normalized spacial score (nSPS) is 11.1. The van der Waals surface area contributed by atoms with Gasteiger partial charge < -0.3 is 20.3 Å². The lowest BCUT2D eigenvalue weighted by Gasteiger charge is -2.21. The molecule has 0 aliphatic carbocycles. The molecule has 0 aliphatic heterocycles. The molecule has 180 valence electrons. The Morgan fingerprint density at radius 2 is 1.79 bits per heavy atom. The van der Waals surface area contributed by atoms with Crippen molar-refractivity contribution in [2.75, 3.05) is 30.8 Å². The predicted octanol–water partition coefficient (Wildman–Crippen LogP) is 4.98. The van der Waals surface area contributed by atoms with Crippen molar-refractivity contribution < 1.29 is 14.3 Å². The second kappa shape index (κ2) is 10.4. The summed E-state index contributed by atoms with van der Waals surface area (Å²) >= 11 is 0. The first-order valence-corrected chi connectivity index (χ1v) is 11.3. The van der Waals surface area contributed by atoms with E-state index in [1.54, 1.807) is 30.0 Å². The number of hydrogen-bond donors (Lipinski definition) is 2. The van der Waals surface area contributed by atoms with E-state index < -0.39 is 0 Å². The van der Waals surface area contributed by atoms with E-state index >= 15 is 0 Å². The fraction of sp³-hybridized carbons (Fsp3) is 0.346. The van der Waals surface area contributed by atoms with Gasteiger partial charge in [0, 0.05) is 18.0 Å². The van der Waals surface area contributed by atoms with Gasteiger partial charge in [0.15, 0.2) is 0 Å². The number of aromatic nitrogens is 2. The van der Waals surface area contributed by atoms with Crippen molar-refractivity contribution in [1.29, 1.82) is 0 Å². The van der Waals surface area contributed by atoms with Crippen molar-refractivity contribution in [3.8, 4) is 11.4 Å². The minimum atomic E-state index is -0.385. The van der Waals surface area contributed by atoms with Crippen LogP contribution in [-0.2, 0) is 10.2 Å². The first-order chi connectivity index (χ1) is 16.1. The fourth-order valence-electron chi connectivity index (χ4n) is 3.42. The Morgan fingerprint density at radius 1 is 1.06 bits per heavy atom. The van der Waals surface area contributed by atoms with Crippen LogP contribution in [0.5, 0.6) is 5.75 Å². The minimum Gasteiger partial charge on any atom is -0.495 e. The largest absolute Gasteiger partial charge is 0.495 e. The zero-order valence-corrected chi connectivity index (χ0v) is 20.7. The van der Waals surface area contributed by atoms with E-state index in [-0.39, 0.29) is 23.9 Å². The van der Waals surface area contributed by atoms with Crippen LogP contribution in [0.15, 0.2) is 54.6 Å². The molecule has 0 bridgehead atoms. The molecule has 0 aliphatic rings. The molecular formula is C26H33N5O3. The highest BCUT2D eigenvalue weighted by Gasteiger charge is 2.23. The molecule has 34 heavy (non-hydrogen) atoms. The van der Waals surface area contributed by atoms with Crippen molar-refractivity contribution in [1.82, 2.24) is 14.7 Å². The molecule has 3 aromatic rings. The molecule has 2 N–H and O–H groups in total. The van der Waals surface area contributed by atoms with Gasteiger partial charge in [0.25, 0.3) is 0 Å². The van der Waals surface area contributed by atoms with Crippen LogP contribution in [0.4, 0.5) is 16.3 Å². The number of benzene rings is 2. The van der Waals surface area contributed by atoms with E-state index in [1.165, 1.54) is 4.90 Å². The molecule has 8 nitrogen and oxygen atoms in total. The SMILES string of the molecule is CCN(CC(=O)Nc1cc(C(C)(C)C)nn1-c1cccc(C)c1)C(=O)Nc1ccccc1OC. The predicted molar refractivity (Wildman–Crippen MR) is 135 cm³/mol. The first-order valence-electron chi connectivity index (χ1n) is 11.3. The second-order valence-corrected chi connectivity index (χ2v) is 9.11.